The molecule has 0 aliphatic heterocycles. The number of hydrogen-bond acceptors (Lipinski definition) is 2. The predicted molar refractivity (Wildman–Crippen MR) is 56.0 cm³/mol. The first-order valence-electron chi connectivity index (χ1n) is 4.43. The summed E-state index contributed by atoms with van der Waals surface area (Å²) in [6, 6.07) is 1.12. The highest BCUT2D eigenvalue weighted by Crippen LogP contribution is 2.32. The fraction of sp³-hybridized carbons (Fsp3) is 0.400. The van der Waals surface area contributed by atoms with Gasteiger partial charge < -0.3 is 9.84 Å². The fourth-order valence-electron chi connectivity index (χ4n) is 1.24. The Morgan fingerprint density at radius 3 is 2.67 bits per heavy atom. The zero-order chi connectivity index (χ0) is 11.4. The molecule has 0 aliphatic rings. The summed E-state index contributed by atoms with van der Waals surface area (Å²) < 4.78 is 31.9. The number of rotatable bonds is 4. The topological polar surface area (TPSA) is 29.5 Å². The maximum atomic E-state index is 13.6. The van der Waals surface area contributed by atoms with Gasteiger partial charge in [-0.3, -0.25) is 0 Å². The van der Waals surface area contributed by atoms with Gasteiger partial charge in [-0.1, -0.05) is 0 Å². The second-order valence-corrected chi connectivity index (χ2v) is 3.79. The molecule has 0 aliphatic carbocycles. The molecule has 1 aromatic rings. The van der Waals surface area contributed by atoms with E-state index in [4.69, 9.17) is 9.84 Å². The Morgan fingerprint density at radius 2 is 2.13 bits per heavy atom. The lowest BCUT2D eigenvalue weighted by Crippen LogP contribution is -2.01. The van der Waals surface area contributed by atoms with Gasteiger partial charge in [-0.15, -0.1) is 0 Å². The second kappa shape index (κ2) is 5.42. The van der Waals surface area contributed by atoms with Crippen LogP contribution in [-0.2, 0) is 6.42 Å². The molecular formula is C10H11BrF2O2. The monoisotopic (exact) mass is 280 g/mol. The average Bonchev–Trinajstić information content (AvgIpc) is 2.23. The van der Waals surface area contributed by atoms with E-state index in [1.165, 1.54) is 7.11 Å². The molecule has 0 aromatic heterocycles. The standard InChI is InChI=1S/C10H11BrF2O2/c1-15-8-5-7(12)6(3-2-4-14)10(13)9(8)11/h5,14H,2-4H2,1H3. The van der Waals surface area contributed by atoms with Crippen molar-refractivity contribution in [2.24, 2.45) is 0 Å². The van der Waals surface area contributed by atoms with Crippen LogP contribution >= 0.6 is 15.9 Å². The van der Waals surface area contributed by atoms with Crippen molar-refractivity contribution in [3.8, 4) is 5.75 Å². The minimum absolute atomic E-state index is 0.0308. The van der Waals surface area contributed by atoms with Gasteiger partial charge in [0.2, 0.25) is 0 Å². The van der Waals surface area contributed by atoms with Crippen LogP contribution in [-0.4, -0.2) is 18.8 Å². The largest absolute Gasteiger partial charge is 0.495 e. The summed E-state index contributed by atoms with van der Waals surface area (Å²) in [6.45, 7) is -0.0947. The summed E-state index contributed by atoms with van der Waals surface area (Å²) in [7, 11) is 1.34. The zero-order valence-electron chi connectivity index (χ0n) is 8.19. The molecule has 1 rings (SSSR count). The lowest BCUT2D eigenvalue weighted by Gasteiger charge is -2.09. The third kappa shape index (κ3) is 2.66. The highest BCUT2D eigenvalue weighted by Gasteiger charge is 2.16. The maximum absolute atomic E-state index is 13.6. The molecule has 0 radical (unpaired) electrons. The van der Waals surface area contributed by atoms with Gasteiger partial charge in [0.1, 0.15) is 17.4 Å². The Bertz CT molecular complexity index is 356. The molecule has 0 unspecified atom stereocenters. The highest BCUT2D eigenvalue weighted by atomic mass is 79.9. The van der Waals surface area contributed by atoms with E-state index < -0.39 is 11.6 Å². The smallest absolute Gasteiger partial charge is 0.147 e. The van der Waals surface area contributed by atoms with Crippen LogP contribution in [0.25, 0.3) is 0 Å². The molecule has 0 amide bonds. The van der Waals surface area contributed by atoms with Gasteiger partial charge in [0, 0.05) is 18.2 Å². The number of benzene rings is 1. The van der Waals surface area contributed by atoms with Gasteiger partial charge in [0.15, 0.2) is 0 Å². The molecule has 0 heterocycles. The van der Waals surface area contributed by atoms with Crippen molar-refractivity contribution >= 4 is 15.9 Å². The van der Waals surface area contributed by atoms with Crippen LogP contribution < -0.4 is 4.74 Å². The average molecular weight is 281 g/mol. The van der Waals surface area contributed by atoms with E-state index in [1.807, 2.05) is 0 Å². The number of hydrogen-bond donors (Lipinski definition) is 1. The van der Waals surface area contributed by atoms with E-state index in [2.05, 4.69) is 15.9 Å². The number of methoxy groups -OCH3 is 1. The van der Waals surface area contributed by atoms with Gasteiger partial charge in [-0.05, 0) is 28.8 Å². The molecule has 1 aromatic carbocycles. The van der Waals surface area contributed by atoms with Crippen LogP contribution in [0.3, 0.4) is 0 Å². The van der Waals surface area contributed by atoms with Crippen molar-refractivity contribution < 1.29 is 18.6 Å². The van der Waals surface area contributed by atoms with Crippen LogP contribution in [0.4, 0.5) is 8.78 Å². The first-order valence-corrected chi connectivity index (χ1v) is 5.22. The molecule has 15 heavy (non-hydrogen) atoms. The molecule has 0 saturated carbocycles. The normalized spacial score (nSPS) is 10.5. The first-order chi connectivity index (χ1) is 7.11. The van der Waals surface area contributed by atoms with Crippen molar-refractivity contribution in [1.82, 2.24) is 0 Å². The van der Waals surface area contributed by atoms with Crippen molar-refractivity contribution in [3.63, 3.8) is 0 Å². The molecule has 0 spiro atoms. The van der Waals surface area contributed by atoms with Gasteiger partial charge in [0.05, 0.1) is 11.6 Å². The number of aliphatic hydroxyl groups excluding tert-OH is 1. The first kappa shape index (κ1) is 12.4. The van der Waals surface area contributed by atoms with Gasteiger partial charge in [-0.2, -0.15) is 0 Å². The van der Waals surface area contributed by atoms with Gasteiger partial charge >= 0.3 is 0 Å². The lowest BCUT2D eigenvalue weighted by atomic mass is 10.1. The summed E-state index contributed by atoms with van der Waals surface area (Å²) in [5.41, 5.74) is -0.0308. The Morgan fingerprint density at radius 1 is 1.47 bits per heavy atom. The van der Waals surface area contributed by atoms with E-state index >= 15 is 0 Å². The Hall–Kier alpha value is -0.680. The van der Waals surface area contributed by atoms with Crippen molar-refractivity contribution in [2.75, 3.05) is 13.7 Å². The zero-order valence-corrected chi connectivity index (χ0v) is 9.77. The van der Waals surface area contributed by atoms with E-state index in [9.17, 15) is 8.78 Å². The molecule has 5 heteroatoms. The minimum Gasteiger partial charge on any atom is -0.495 e. The molecule has 84 valence electrons. The Balaban J connectivity index is 3.11. The molecular weight excluding hydrogens is 270 g/mol. The fourth-order valence-corrected chi connectivity index (χ4v) is 1.76. The van der Waals surface area contributed by atoms with Crippen molar-refractivity contribution in [1.29, 1.82) is 0 Å². The van der Waals surface area contributed by atoms with Crippen LogP contribution in [0, 0.1) is 11.6 Å². The van der Waals surface area contributed by atoms with Crippen molar-refractivity contribution in [3.05, 3.63) is 27.7 Å². The number of aliphatic hydroxyl groups is 1. The number of ether oxygens (including phenoxy) is 1. The lowest BCUT2D eigenvalue weighted by molar-refractivity contribution is 0.287. The van der Waals surface area contributed by atoms with Crippen LogP contribution in [0.5, 0.6) is 5.75 Å². The van der Waals surface area contributed by atoms with E-state index in [-0.39, 0.29) is 28.8 Å². The third-order valence-corrected chi connectivity index (χ3v) is 2.76. The SMILES string of the molecule is COc1cc(F)c(CCCO)c(F)c1Br. The van der Waals surface area contributed by atoms with Crippen LogP contribution in [0.2, 0.25) is 0 Å². The predicted octanol–water partition coefficient (Wildman–Crippen LogP) is 2.66. The summed E-state index contributed by atoms with van der Waals surface area (Å²) in [4.78, 5) is 0. The maximum Gasteiger partial charge on any atom is 0.147 e. The summed E-state index contributed by atoms with van der Waals surface area (Å²) >= 11 is 2.99. The molecule has 0 fully saturated rings. The Kier molecular flexibility index (Phi) is 4.47. The molecule has 1 N–H and O–H groups in total. The van der Waals surface area contributed by atoms with Gasteiger partial charge in [0.25, 0.3) is 0 Å². The summed E-state index contributed by atoms with van der Waals surface area (Å²) in [6.07, 6.45) is 0.489. The quantitative estimate of drug-likeness (QED) is 0.860. The van der Waals surface area contributed by atoms with E-state index in [0.29, 0.717) is 6.42 Å². The van der Waals surface area contributed by atoms with E-state index in [1.54, 1.807) is 0 Å². The second-order valence-electron chi connectivity index (χ2n) is 2.99. The van der Waals surface area contributed by atoms with Crippen LogP contribution in [0.1, 0.15) is 12.0 Å². The Labute approximate surface area is 95.0 Å². The third-order valence-electron chi connectivity index (χ3n) is 2.02. The molecule has 0 bridgehead atoms. The summed E-state index contributed by atoms with van der Waals surface area (Å²) in [5, 5.41) is 8.60. The van der Waals surface area contributed by atoms with Crippen molar-refractivity contribution in [2.45, 2.75) is 12.8 Å². The van der Waals surface area contributed by atoms with Gasteiger partial charge in [-0.25, -0.2) is 8.78 Å². The molecule has 2 nitrogen and oxygen atoms in total. The number of halogens is 3. The molecule has 0 saturated heterocycles. The van der Waals surface area contributed by atoms with E-state index in [0.717, 1.165) is 6.07 Å². The molecule has 0 atom stereocenters. The highest BCUT2D eigenvalue weighted by molar-refractivity contribution is 9.10. The minimum atomic E-state index is -0.666. The van der Waals surface area contributed by atoms with Crippen LogP contribution in [0.15, 0.2) is 10.5 Å². The summed E-state index contributed by atoms with van der Waals surface area (Å²) in [5.74, 6) is -1.20.